The number of anilines is 2. The van der Waals surface area contributed by atoms with Crippen LogP contribution in [0.1, 0.15) is 20.3 Å². The molecule has 0 aliphatic rings. The van der Waals surface area contributed by atoms with Gasteiger partial charge in [-0.2, -0.15) is 0 Å². The third-order valence-electron chi connectivity index (χ3n) is 2.67. The Morgan fingerprint density at radius 2 is 2.12 bits per heavy atom. The van der Waals surface area contributed by atoms with Gasteiger partial charge in [0.25, 0.3) is 0 Å². The van der Waals surface area contributed by atoms with E-state index in [9.17, 15) is 4.79 Å². The molecule has 16 heavy (non-hydrogen) atoms. The third-order valence-corrected chi connectivity index (χ3v) is 2.67. The molecule has 0 spiro atoms. The van der Waals surface area contributed by atoms with Crippen molar-refractivity contribution in [1.82, 2.24) is 0 Å². The van der Waals surface area contributed by atoms with Gasteiger partial charge in [0.2, 0.25) is 0 Å². The number of nitrogens with zero attached hydrogens (tertiary/aromatic N) is 1. The van der Waals surface area contributed by atoms with E-state index in [1.54, 1.807) is 6.07 Å². The van der Waals surface area contributed by atoms with E-state index >= 15 is 0 Å². The Labute approximate surface area is 95.7 Å². The molecule has 4 heteroatoms. The SMILES string of the molecule is CCC(C)N(CC(=O)O)c1ccccc1N. The molecule has 4 nitrogen and oxygen atoms in total. The van der Waals surface area contributed by atoms with E-state index in [1.165, 1.54) is 0 Å². The van der Waals surface area contributed by atoms with Gasteiger partial charge in [-0.05, 0) is 25.5 Å². The van der Waals surface area contributed by atoms with E-state index in [0.717, 1.165) is 12.1 Å². The fourth-order valence-electron chi connectivity index (χ4n) is 1.59. The van der Waals surface area contributed by atoms with E-state index in [-0.39, 0.29) is 12.6 Å². The molecule has 0 heterocycles. The van der Waals surface area contributed by atoms with Gasteiger partial charge in [0, 0.05) is 6.04 Å². The molecule has 0 saturated carbocycles. The van der Waals surface area contributed by atoms with Crippen LogP contribution in [-0.2, 0) is 4.79 Å². The quantitative estimate of drug-likeness (QED) is 0.747. The molecule has 1 rings (SSSR count). The van der Waals surface area contributed by atoms with Crippen molar-refractivity contribution in [1.29, 1.82) is 0 Å². The lowest BCUT2D eigenvalue weighted by Crippen LogP contribution is -2.37. The average Bonchev–Trinajstić information content (AvgIpc) is 2.26. The largest absolute Gasteiger partial charge is 0.480 e. The number of nitrogens with two attached hydrogens (primary N) is 1. The van der Waals surface area contributed by atoms with Crippen molar-refractivity contribution >= 4 is 17.3 Å². The smallest absolute Gasteiger partial charge is 0.323 e. The third kappa shape index (κ3) is 2.89. The molecule has 3 N–H and O–H groups in total. The van der Waals surface area contributed by atoms with E-state index in [0.29, 0.717) is 5.69 Å². The second-order valence-electron chi connectivity index (χ2n) is 3.84. The Balaban J connectivity index is 3.01. The summed E-state index contributed by atoms with van der Waals surface area (Å²) in [6.07, 6.45) is 0.877. The monoisotopic (exact) mass is 222 g/mol. The lowest BCUT2D eigenvalue weighted by molar-refractivity contribution is -0.135. The minimum atomic E-state index is -0.844. The van der Waals surface area contributed by atoms with E-state index in [2.05, 4.69) is 0 Å². The highest BCUT2D eigenvalue weighted by Gasteiger charge is 2.17. The summed E-state index contributed by atoms with van der Waals surface area (Å²) in [5.41, 5.74) is 7.26. The summed E-state index contributed by atoms with van der Waals surface area (Å²) in [5, 5.41) is 8.90. The highest BCUT2D eigenvalue weighted by molar-refractivity contribution is 5.77. The molecule has 0 radical (unpaired) electrons. The summed E-state index contributed by atoms with van der Waals surface area (Å²) in [5.74, 6) is -0.844. The van der Waals surface area contributed by atoms with Crippen LogP contribution in [0.5, 0.6) is 0 Å². The number of para-hydroxylation sites is 2. The van der Waals surface area contributed by atoms with Crippen LogP contribution in [0, 0.1) is 0 Å². The number of hydrogen-bond donors (Lipinski definition) is 2. The maximum atomic E-state index is 10.8. The molecule has 1 unspecified atom stereocenters. The molecule has 1 aromatic rings. The lowest BCUT2D eigenvalue weighted by Gasteiger charge is -2.30. The van der Waals surface area contributed by atoms with Gasteiger partial charge in [0.1, 0.15) is 6.54 Å². The van der Waals surface area contributed by atoms with E-state index < -0.39 is 5.97 Å². The van der Waals surface area contributed by atoms with Crippen molar-refractivity contribution in [3.8, 4) is 0 Å². The molecule has 0 aromatic heterocycles. The summed E-state index contributed by atoms with van der Waals surface area (Å²) in [6, 6.07) is 7.50. The van der Waals surface area contributed by atoms with Crippen LogP contribution in [0.2, 0.25) is 0 Å². The predicted octanol–water partition coefficient (Wildman–Crippen LogP) is 1.96. The second-order valence-corrected chi connectivity index (χ2v) is 3.84. The van der Waals surface area contributed by atoms with Crippen molar-refractivity contribution in [2.45, 2.75) is 26.3 Å². The standard InChI is InChI=1S/C12H18N2O2/c1-3-9(2)14(8-12(15)16)11-7-5-4-6-10(11)13/h4-7,9H,3,8,13H2,1-2H3,(H,15,16). The van der Waals surface area contributed by atoms with Crippen LogP contribution >= 0.6 is 0 Å². The Kier molecular flexibility index (Phi) is 4.17. The summed E-state index contributed by atoms with van der Waals surface area (Å²) in [4.78, 5) is 12.6. The van der Waals surface area contributed by atoms with Crippen molar-refractivity contribution in [2.75, 3.05) is 17.2 Å². The van der Waals surface area contributed by atoms with Crippen molar-refractivity contribution in [2.24, 2.45) is 0 Å². The summed E-state index contributed by atoms with van der Waals surface area (Å²) >= 11 is 0. The molecule has 0 fully saturated rings. The molecule has 1 atom stereocenters. The highest BCUT2D eigenvalue weighted by atomic mass is 16.4. The number of nitrogen functional groups attached to an aromatic ring is 1. The van der Waals surface area contributed by atoms with Gasteiger partial charge >= 0.3 is 5.97 Å². The number of rotatable bonds is 5. The maximum Gasteiger partial charge on any atom is 0.323 e. The zero-order valence-electron chi connectivity index (χ0n) is 9.68. The molecule has 0 saturated heterocycles. The van der Waals surface area contributed by atoms with Crippen molar-refractivity contribution in [3.05, 3.63) is 24.3 Å². The van der Waals surface area contributed by atoms with E-state index in [1.807, 2.05) is 36.9 Å². The van der Waals surface area contributed by atoms with Crippen LogP contribution < -0.4 is 10.6 Å². The fourth-order valence-corrected chi connectivity index (χ4v) is 1.59. The molecular weight excluding hydrogens is 204 g/mol. The van der Waals surface area contributed by atoms with Crippen LogP contribution in [0.15, 0.2) is 24.3 Å². The van der Waals surface area contributed by atoms with Gasteiger partial charge in [-0.15, -0.1) is 0 Å². The number of aliphatic carboxylic acids is 1. The van der Waals surface area contributed by atoms with Gasteiger partial charge in [-0.1, -0.05) is 19.1 Å². The number of carboxylic acids is 1. The molecule has 0 aliphatic carbocycles. The van der Waals surface area contributed by atoms with Gasteiger partial charge < -0.3 is 15.7 Å². The molecule has 0 amide bonds. The number of hydrogen-bond acceptors (Lipinski definition) is 3. The van der Waals surface area contributed by atoms with Gasteiger partial charge in [0.05, 0.1) is 11.4 Å². The molecular formula is C12H18N2O2. The van der Waals surface area contributed by atoms with E-state index in [4.69, 9.17) is 10.8 Å². The highest BCUT2D eigenvalue weighted by Crippen LogP contribution is 2.25. The summed E-state index contributed by atoms with van der Waals surface area (Å²) in [7, 11) is 0. The van der Waals surface area contributed by atoms with Crippen molar-refractivity contribution < 1.29 is 9.90 Å². The zero-order chi connectivity index (χ0) is 12.1. The number of carboxylic acid groups (broad SMARTS) is 1. The maximum absolute atomic E-state index is 10.8. The van der Waals surface area contributed by atoms with Gasteiger partial charge in [-0.25, -0.2) is 0 Å². The molecule has 1 aromatic carbocycles. The Hall–Kier alpha value is -1.71. The average molecular weight is 222 g/mol. The minimum Gasteiger partial charge on any atom is -0.480 e. The lowest BCUT2D eigenvalue weighted by atomic mass is 10.1. The van der Waals surface area contributed by atoms with Crippen LogP contribution in [0.25, 0.3) is 0 Å². The van der Waals surface area contributed by atoms with Crippen LogP contribution in [0.3, 0.4) is 0 Å². The first-order valence-electron chi connectivity index (χ1n) is 5.39. The Morgan fingerprint density at radius 1 is 1.50 bits per heavy atom. The van der Waals surface area contributed by atoms with Crippen molar-refractivity contribution in [3.63, 3.8) is 0 Å². The molecule has 0 bridgehead atoms. The normalized spacial score (nSPS) is 12.1. The predicted molar refractivity (Wildman–Crippen MR) is 65.6 cm³/mol. The van der Waals surface area contributed by atoms with Gasteiger partial charge in [0.15, 0.2) is 0 Å². The minimum absolute atomic E-state index is 0.0246. The Bertz CT molecular complexity index is 366. The van der Waals surface area contributed by atoms with Crippen LogP contribution in [0.4, 0.5) is 11.4 Å². The number of benzene rings is 1. The first-order valence-corrected chi connectivity index (χ1v) is 5.39. The fraction of sp³-hybridized carbons (Fsp3) is 0.417. The summed E-state index contributed by atoms with van der Waals surface area (Å²) < 4.78 is 0. The molecule has 88 valence electrons. The summed E-state index contributed by atoms with van der Waals surface area (Å²) in [6.45, 7) is 4.00. The topological polar surface area (TPSA) is 66.6 Å². The van der Waals surface area contributed by atoms with Crippen LogP contribution in [-0.4, -0.2) is 23.7 Å². The second kappa shape index (κ2) is 5.39. The zero-order valence-corrected chi connectivity index (χ0v) is 9.68. The first-order chi connectivity index (χ1) is 7.56. The first kappa shape index (κ1) is 12.4. The number of carbonyl (C=O) groups is 1. The van der Waals surface area contributed by atoms with Gasteiger partial charge in [-0.3, -0.25) is 4.79 Å². The molecule has 0 aliphatic heterocycles. The Morgan fingerprint density at radius 3 is 2.62 bits per heavy atom.